The first-order valence-electron chi connectivity index (χ1n) is 9.65. The van der Waals surface area contributed by atoms with E-state index in [1.165, 1.54) is 29.4 Å². The SMILES string of the molecule is Cc1ccc2nc(N3CCC(N4CCC[C@@H](O)C4)CC3)cc(C)c2c1. The summed E-state index contributed by atoms with van der Waals surface area (Å²) in [4.78, 5) is 9.86. The number of piperidine rings is 2. The minimum Gasteiger partial charge on any atom is -0.392 e. The molecular weight excluding hydrogens is 310 g/mol. The van der Waals surface area contributed by atoms with Crippen LogP contribution in [0.5, 0.6) is 0 Å². The van der Waals surface area contributed by atoms with Crippen molar-refractivity contribution in [1.82, 2.24) is 9.88 Å². The number of hydrogen-bond acceptors (Lipinski definition) is 4. The van der Waals surface area contributed by atoms with Gasteiger partial charge in [0.2, 0.25) is 0 Å². The molecule has 4 rings (SSSR count). The first kappa shape index (κ1) is 16.8. The van der Waals surface area contributed by atoms with Gasteiger partial charge in [-0.1, -0.05) is 11.6 Å². The van der Waals surface area contributed by atoms with Crippen molar-refractivity contribution in [3.8, 4) is 0 Å². The third-order valence-electron chi connectivity index (χ3n) is 5.89. The summed E-state index contributed by atoms with van der Waals surface area (Å²) in [6.07, 6.45) is 4.31. The molecule has 0 bridgehead atoms. The van der Waals surface area contributed by atoms with E-state index in [4.69, 9.17) is 4.98 Å². The van der Waals surface area contributed by atoms with E-state index in [9.17, 15) is 5.11 Å². The van der Waals surface area contributed by atoms with Crippen molar-refractivity contribution in [2.75, 3.05) is 31.1 Å². The number of anilines is 1. The fourth-order valence-corrected chi connectivity index (χ4v) is 4.43. The van der Waals surface area contributed by atoms with Gasteiger partial charge < -0.3 is 10.0 Å². The van der Waals surface area contributed by atoms with Crippen LogP contribution in [0.4, 0.5) is 5.82 Å². The number of hydrogen-bond donors (Lipinski definition) is 1. The van der Waals surface area contributed by atoms with Crippen LogP contribution in [0.25, 0.3) is 10.9 Å². The van der Waals surface area contributed by atoms with Crippen molar-refractivity contribution in [3.63, 3.8) is 0 Å². The van der Waals surface area contributed by atoms with Gasteiger partial charge in [0.25, 0.3) is 0 Å². The third kappa shape index (κ3) is 3.51. The molecule has 0 spiro atoms. The summed E-state index contributed by atoms with van der Waals surface area (Å²) in [6, 6.07) is 9.38. The lowest BCUT2D eigenvalue weighted by Crippen LogP contribution is -2.49. The quantitative estimate of drug-likeness (QED) is 0.911. The standard InChI is InChI=1S/C21H29N3O/c1-15-5-6-20-19(12-15)16(2)13-21(22-20)23-10-7-17(8-11-23)24-9-3-4-18(25)14-24/h5-6,12-13,17-18,25H,3-4,7-11,14H2,1-2H3/t18-/m1/s1. The first-order chi connectivity index (χ1) is 12.1. The van der Waals surface area contributed by atoms with Gasteiger partial charge in [0.15, 0.2) is 0 Å². The highest BCUT2D eigenvalue weighted by atomic mass is 16.3. The fraction of sp³-hybridized carbons (Fsp3) is 0.571. The van der Waals surface area contributed by atoms with Crippen molar-refractivity contribution < 1.29 is 5.11 Å². The zero-order chi connectivity index (χ0) is 17.4. The molecule has 134 valence electrons. The van der Waals surface area contributed by atoms with Gasteiger partial charge in [-0.3, -0.25) is 4.90 Å². The van der Waals surface area contributed by atoms with Crippen LogP contribution in [0.15, 0.2) is 24.3 Å². The molecule has 2 fully saturated rings. The van der Waals surface area contributed by atoms with Gasteiger partial charge in [-0.05, 0) is 69.8 Å². The zero-order valence-electron chi connectivity index (χ0n) is 15.4. The maximum Gasteiger partial charge on any atom is 0.129 e. The topological polar surface area (TPSA) is 39.6 Å². The monoisotopic (exact) mass is 339 g/mol. The molecule has 2 saturated heterocycles. The van der Waals surface area contributed by atoms with Crippen LogP contribution >= 0.6 is 0 Å². The fourth-order valence-electron chi connectivity index (χ4n) is 4.43. The van der Waals surface area contributed by atoms with Crippen LogP contribution in [-0.4, -0.2) is 53.3 Å². The normalized spacial score (nSPS) is 23.3. The van der Waals surface area contributed by atoms with Gasteiger partial charge in [0, 0.05) is 31.1 Å². The van der Waals surface area contributed by atoms with Gasteiger partial charge in [0.05, 0.1) is 11.6 Å². The number of fused-ring (bicyclic) bond motifs is 1. The molecule has 0 unspecified atom stereocenters. The summed E-state index contributed by atoms with van der Waals surface area (Å²) in [5.74, 6) is 1.12. The molecule has 0 saturated carbocycles. The molecule has 4 nitrogen and oxygen atoms in total. The molecule has 1 aromatic carbocycles. The number of benzene rings is 1. The van der Waals surface area contributed by atoms with Crippen LogP contribution in [-0.2, 0) is 0 Å². The Morgan fingerprint density at radius 3 is 2.60 bits per heavy atom. The number of aromatic nitrogens is 1. The van der Waals surface area contributed by atoms with Crippen molar-refractivity contribution in [1.29, 1.82) is 0 Å². The Kier molecular flexibility index (Phi) is 4.65. The second-order valence-corrected chi connectivity index (χ2v) is 7.83. The van der Waals surface area contributed by atoms with E-state index in [1.807, 2.05) is 0 Å². The number of likely N-dealkylation sites (tertiary alicyclic amines) is 1. The van der Waals surface area contributed by atoms with E-state index in [-0.39, 0.29) is 6.10 Å². The molecule has 2 aromatic rings. The molecule has 1 aromatic heterocycles. The molecule has 0 amide bonds. The van der Waals surface area contributed by atoms with E-state index < -0.39 is 0 Å². The highest BCUT2D eigenvalue weighted by Crippen LogP contribution is 2.27. The van der Waals surface area contributed by atoms with Crippen LogP contribution in [0.2, 0.25) is 0 Å². The maximum atomic E-state index is 9.93. The Morgan fingerprint density at radius 1 is 1.04 bits per heavy atom. The predicted octanol–water partition coefficient (Wildman–Crippen LogP) is 3.28. The highest BCUT2D eigenvalue weighted by Gasteiger charge is 2.28. The molecule has 25 heavy (non-hydrogen) atoms. The average molecular weight is 339 g/mol. The molecule has 2 aliphatic rings. The lowest BCUT2D eigenvalue weighted by Gasteiger charge is -2.41. The lowest BCUT2D eigenvalue weighted by molar-refractivity contribution is 0.0398. The number of nitrogens with zero attached hydrogens (tertiary/aromatic N) is 3. The summed E-state index contributed by atoms with van der Waals surface area (Å²) in [7, 11) is 0. The Labute approximate surface area is 150 Å². The summed E-state index contributed by atoms with van der Waals surface area (Å²) in [5, 5.41) is 11.2. The summed E-state index contributed by atoms with van der Waals surface area (Å²) in [5.41, 5.74) is 3.70. The molecule has 1 N–H and O–H groups in total. The van der Waals surface area contributed by atoms with Gasteiger partial charge in [-0.2, -0.15) is 0 Å². The molecule has 0 radical (unpaired) electrons. The van der Waals surface area contributed by atoms with E-state index in [0.717, 1.165) is 50.4 Å². The third-order valence-corrected chi connectivity index (χ3v) is 5.89. The molecule has 0 aliphatic carbocycles. The number of aryl methyl sites for hydroxylation is 2. The van der Waals surface area contributed by atoms with Crippen molar-refractivity contribution in [2.24, 2.45) is 0 Å². The van der Waals surface area contributed by atoms with E-state index in [1.54, 1.807) is 0 Å². The van der Waals surface area contributed by atoms with Crippen LogP contribution in [0.1, 0.15) is 36.8 Å². The van der Waals surface area contributed by atoms with Crippen molar-refractivity contribution in [3.05, 3.63) is 35.4 Å². The lowest BCUT2D eigenvalue weighted by atomic mass is 9.98. The maximum absolute atomic E-state index is 9.93. The van der Waals surface area contributed by atoms with Crippen molar-refractivity contribution >= 4 is 16.7 Å². The Morgan fingerprint density at radius 2 is 1.84 bits per heavy atom. The number of rotatable bonds is 2. The Hall–Kier alpha value is -1.65. The smallest absolute Gasteiger partial charge is 0.129 e. The van der Waals surface area contributed by atoms with Crippen LogP contribution in [0.3, 0.4) is 0 Å². The Balaban J connectivity index is 1.47. The molecule has 2 aliphatic heterocycles. The number of β-amino-alcohol motifs (C(OH)–C–C–N with tert-alkyl or cyclic N) is 1. The molecular formula is C21H29N3O. The van der Waals surface area contributed by atoms with Crippen LogP contribution in [0, 0.1) is 13.8 Å². The van der Waals surface area contributed by atoms with Gasteiger partial charge in [0.1, 0.15) is 5.82 Å². The summed E-state index contributed by atoms with van der Waals surface area (Å²) >= 11 is 0. The van der Waals surface area contributed by atoms with E-state index in [2.05, 4.69) is 47.9 Å². The zero-order valence-corrected chi connectivity index (χ0v) is 15.4. The second-order valence-electron chi connectivity index (χ2n) is 7.83. The summed E-state index contributed by atoms with van der Waals surface area (Å²) in [6.45, 7) is 8.44. The van der Waals surface area contributed by atoms with Crippen molar-refractivity contribution in [2.45, 2.75) is 51.7 Å². The largest absolute Gasteiger partial charge is 0.392 e. The van der Waals surface area contributed by atoms with E-state index in [0.29, 0.717) is 6.04 Å². The van der Waals surface area contributed by atoms with Gasteiger partial charge >= 0.3 is 0 Å². The van der Waals surface area contributed by atoms with E-state index >= 15 is 0 Å². The predicted molar refractivity (Wildman–Crippen MR) is 103 cm³/mol. The average Bonchev–Trinajstić information content (AvgIpc) is 2.62. The number of pyridine rings is 1. The summed E-state index contributed by atoms with van der Waals surface area (Å²) < 4.78 is 0. The molecule has 3 heterocycles. The van der Waals surface area contributed by atoms with Gasteiger partial charge in [-0.25, -0.2) is 4.98 Å². The minimum atomic E-state index is -0.125. The number of aliphatic hydroxyl groups is 1. The highest BCUT2D eigenvalue weighted by molar-refractivity contribution is 5.84. The molecule has 4 heteroatoms. The molecule has 1 atom stereocenters. The second kappa shape index (κ2) is 6.93. The Bertz CT molecular complexity index is 752. The minimum absolute atomic E-state index is 0.125. The first-order valence-corrected chi connectivity index (χ1v) is 9.65. The van der Waals surface area contributed by atoms with Gasteiger partial charge in [-0.15, -0.1) is 0 Å². The van der Waals surface area contributed by atoms with Crippen LogP contribution < -0.4 is 4.90 Å². The number of aliphatic hydroxyl groups excluding tert-OH is 1.